The molecule has 196 valence electrons. The van der Waals surface area contributed by atoms with Crippen LogP contribution in [0.4, 0.5) is 4.39 Å². The third kappa shape index (κ3) is 7.40. The van der Waals surface area contributed by atoms with E-state index in [1.165, 1.54) is 23.1 Å². The van der Waals surface area contributed by atoms with Crippen LogP contribution in [0.2, 0.25) is 0 Å². The SMILES string of the molecule is COCCN(CC(=O)N(CCc1c[nH]c2ccccc12)Cc1ccc(F)cc1)C(=O)C=Cc1ccccc1. The summed E-state index contributed by atoms with van der Waals surface area (Å²) in [5.41, 5.74) is 3.86. The fourth-order valence-corrected chi connectivity index (χ4v) is 4.26. The number of ether oxygens (including phenoxy) is 1. The van der Waals surface area contributed by atoms with Crippen LogP contribution in [-0.2, 0) is 27.3 Å². The number of nitrogens with zero attached hydrogens (tertiary/aromatic N) is 2. The second-order valence-electron chi connectivity index (χ2n) is 9.05. The molecule has 0 unspecified atom stereocenters. The Morgan fingerprint density at radius 1 is 0.921 bits per heavy atom. The summed E-state index contributed by atoms with van der Waals surface area (Å²) < 4.78 is 18.7. The van der Waals surface area contributed by atoms with E-state index in [0.717, 1.165) is 27.6 Å². The predicted molar refractivity (Wildman–Crippen MR) is 148 cm³/mol. The Balaban J connectivity index is 1.50. The topological polar surface area (TPSA) is 65.6 Å². The molecule has 3 aromatic carbocycles. The quantitative estimate of drug-likeness (QED) is 0.269. The number of nitrogens with one attached hydrogen (secondary N) is 1. The molecule has 0 saturated carbocycles. The first-order chi connectivity index (χ1) is 18.5. The molecule has 0 spiro atoms. The monoisotopic (exact) mass is 513 g/mol. The Kier molecular flexibility index (Phi) is 9.43. The van der Waals surface area contributed by atoms with Crippen molar-refractivity contribution < 1.29 is 18.7 Å². The molecule has 4 aromatic rings. The number of H-pyrrole nitrogens is 1. The lowest BCUT2D eigenvalue weighted by atomic mass is 10.1. The van der Waals surface area contributed by atoms with Gasteiger partial charge in [-0.2, -0.15) is 0 Å². The lowest BCUT2D eigenvalue weighted by molar-refractivity contribution is -0.139. The van der Waals surface area contributed by atoms with Crippen LogP contribution >= 0.6 is 0 Å². The summed E-state index contributed by atoms with van der Waals surface area (Å²) in [5, 5.41) is 1.12. The van der Waals surface area contributed by atoms with E-state index in [2.05, 4.69) is 11.1 Å². The molecule has 0 aliphatic heterocycles. The molecule has 7 heteroatoms. The largest absolute Gasteiger partial charge is 0.383 e. The minimum absolute atomic E-state index is 0.0869. The van der Waals surface area contributed by atoms with Crippen molar-refractivity contribution in [1.29, 1.82) is 0 Å². The maximum atomic E-state index is 13.6. The molecule has 0 saturated heterocycles. The number of amides is 2. The van der Waals surface area contributed by atoms with E-state index in [-0.39, 0.29) is 30.7 Å². The van der Waals surface area contributed by atoms with Crippen molar-refractivity contribution in [1.82, 2.24) is 14.8 Å². The zero-order chi connectivity index (χ0) is 26.7. The second-order valence-corrected chi connectivity index (χ2v) is 9.05. The third-order valence-corrected chi connectivity index (χ3v) is 6.39. The number of carbonyl (C=O) groups excluding carboxylic acids is 2. The number of aromatic amines is 1. The standard InChI is InChI=1S/C31H32FN3O3/c1-38-20-19-35(30(36)16-13-24-7-3-2-4-8-24)23-31(37)34(22-25-11-14-27(32)15-12-25)18-17-26-21-33-29-10-6-5-9-28(26)29/h2-16,21,33H,17-20,22-23H2,1H3. The van der Waals surface area contributed by atoms with Gasteiger partial charge >= 0.3 is 0 Å². The predicted octanol–water partition coefficient (Wildman–Crippen LogP) is 5.07. The third-order valence-electron chi connectivity index (χ3n) is 6.39. The number of benzene rings is 3. The summed E-state index contributed by atoms with van der Waals surface area (Å²) in [4.78, 5) is 33.1. The van der Waals surface area contributed by atoms with E-state index >= 15 is 0 Å². The lowest BCUT2D eigenvalue weighted by Gasteiger charge is -2.27. The fraction of sp³-hybridized carbons (Fsp3) is 0.226. The molecule has 1 heterocycles. The number of fused-ring (bicyclic) bond motifs is 1. The highest BCUT2D eigenvalue weighted by molar-refractivity contribution is 5.94. The molecule has 6 nitrogen and oxygen atoms in total. The van der Waals surface area contributed by atoms with E-state index in [9.17, 15) is 14.0 Å². The molecule has 0 aliphatic rings. The molecular weight excluding hydrogens is 481 g/mol. The number of para-hydroxylation sites is 1. The van der Waals surface area contributed by atoms with Gasteiger partial charge in [0, 0.05) is 49.9 Å². The van der Waals surface area contributed by atoms with E-state index < -0.39 is 0 Å². The summed E-state index contributed by atoms with van der Waals surface area (Å²) in [5.74, 6) is -0.781. The van der Waals surface area contributed by atoms with Gasteiger partial charge in [-0.05, 0) is 47.4 Å². The molecular formula is C31H32FN3O3. The van der Waals surface area contributed by atoms with Crippen LogP contribution in [0.3, 0.4) is 0 Å². The molecule has 1 N–H and O–H groups in total. The number of rotatable bonds is 12. The first-order valence-corrected chi connectivity index (χ1v) is 12.6. The van der Waals surface area contributed by atoms with Crippen LogP contribution in [-0.4, -0.2) is 59.9 Å². The first kappa shape index (κ1) is 26.8. The van der Waals surface area contributed by atoms with E-state index in [1.807, 2.05) is 54.7 Å². The minimum atomic E-state index is -0.327. The molecule has 4 rings (SSSR count). The summed E-state index contributed by atoms with van der Waals surface area (Å²) in [6.07, 6.45) is 5.82. The number of methoxy groups -OCH3 is 1. The molecule has 0 fully saturated rings. The van der Waals surface area contributed by atoms with Crippen LogP contribution in [0, 0.1) is 5.82 Å². The van der Waals surface area contributed by atoms with Gasteiger partial charge in [0.15, 0.2) is 0 Å². The lowest BCUT2D eigenvalue weighted by Crippen LogP contribution is -2.44. The first-order valence-electron chi connectivity index (χ1n) is 12.6. The van der Waals surface area contributed by atoms with Gasteiger partial charge in [-0.25, -0.2) is 4.39 Å². The van der Waals surface area contributed by atoms with Gasteiger partial charge in [0.05, 0.1) is 6.61 Å². The highest BCUT2D eigenvalue weighted by atomic mass is 19.1. The zero-order valence-electron chi connectivity index (χ0n) is 21.5. The highest BCUT2D eigenvalue weighted by Crippen LogP contribution is 2.19. The maximum absolute atomic E-state index is 13.6. The van der Waals surface area contributed by atoms with Crippen molar-refractivity contribution in [3.05, 3.63) is 114 Å². The number of carbonyl (C=O) groups is 2. The van der Waals surface area contributed by atoms with Gasteiger partial charge in [0.25, 0.3) is 0 Å². The summed E-state index contributed by atoms with van der Waals surface area (Å²) in [7, 11) is 1.56. The Morgan fingerprint density at radius 3 is 2.42 bits per heavy atom. The van der Waals surface area contributed by atoms with Gasteiger partial charge in [0.2, 0.25) is 11.8 Å². The molecule has 0 radical (unpaired) electrons. The molecule has 0 aliphatic carbocycles. The smallest absolute Gasteiger partial charge is 0.247 e. The Labute approximate surface area is 222 Å². The van der Waals surface area contributed by atoms with Crippen LogP contribution in [0.1, 0.15) is 16.7 Å². The van der Waals surface area contributed by atoms with Crippen molar-refractivity contribution in [3.8, 4) is 0 Å². The Bertz CT molecular complexity index is 1370. The normalized spacial score (nSPS) is 11.2. The van der Waals surface area contributed by atoms with Crippen LogP contribution in [0.15, 0.2) is 91.1 Å². The molecule has 2 amide bonds. The highest BCUT2D eigenvalue weighted by Gasteiger charge is 2.21. The number of hydrogen-bond donors (Lipinski definition) is 1. The average Bonchev–Trinajstić information content (AvgIpc) is 3.36. The Hall–Kier alpha value is -4.23. The van der Waals surface area contributed by atoms with Crippen molar-refractivity contribution in [2.45, 2.75) is 13.0 Å². The van der Waals surface area contributed by atoms with Crippen LogP contribution in [0.5, 0.6) is 0 Å². The molecule has 1 aromatic heterocycles. The summed E-state index contributed by atoms with van der Waals surface area (Å²) in [6.45, 7) is 1.27. The van der Waals surface area contributed by atoms with Gasteiger partial charge in [-0.3, -0.25) is 9.59 Å². The van der Waals surface area contributed by atoms with Gasteiger partial charge in [0.1, 0.15) is 12.4 Å². The zero-order valence-corrected chi connectivity index (χ0v) is 21.5. The van der Waals surface area contributed by atoms with Gasteiger partial charge < -0.3 is 19.5 Å². The van der Waals surface area contributed by atoms with Crippen molar-refractivity contribution in [2.24, 2.45) is 0 Å². The summed E-state index contributed by atoms with van der Waals surface area (Å²) in [6, 6.07) is 23.7. The average molecular weight is 514 g/mol. The van der Waals surface area contributed by atoms with Gasteiger partial charge in [-0.15, -0.1) is 0 Å². The number of hydrogen-bond acceptors (Lipinski definition) is 3. The second kappa shape index (κ2) is 13.4. The summed E-state index contributed by atoms with van der Waals surface area (Å²) >= 11 is 0. The maximum Gasteiger partial charge on any atom is 0.247 e. The van der Waals surface area contributed by atoms with Crippen molar-refractivity contribution in [2.75, 3.05) is 33.4 Å². The fourth-order valence-electron chi connectivity index (χ4n) is 4.26. The number of aromatic nitrogens is 1. The Morgan fingerprint density at radius 2 is 1.66 bits per heavy atom. The molecule has 38 heavy (non-hydrogen) atoms. The molecule has 0 atom stereocenters. The van der Waals surface area contributed by atoms with Crippen LogP contribution in [0.25, 0.3) is 17.0 Å². The van der Waals surface area contributed by atoms with E-state index in [0.29, 0.717) is 26.1 Å². The minimum Gasteiger partial charge on any atom is -0.383 e. The van der Waals surface area contributed by atoms with Crippen molar-refractivity contribution in [3.63, 3.8) is 0 Å². The number of halogens is 1. The molecule has 0 bridgehead atoms. The van der Waals surface area contributed by atoms with Gasteiger partial charge in [-0.1, -0.05) is 60.7 Å². The van der Waals surface area contributed by atoms with Crippen molar-refractivity contribution >= 4 is 28.8 Å². The van der Waals surface area contributed by atoms with E-state index in [4.69, 9.17) is 4.74 Å². The van der Waals surface area contributed by atoms with E-state index in [1.54, 1.807) is 30.2 Å². The van der Waals surface area contributed by atoms with Crippen LogP contribution < -0.4 is 0 Å².